The van der Waals surface area contributed by atoms with Crippen LogP contribution in [-0.2, 0) is 0 Å². The van der Waals surface area contributed by atoms with Crippen LogP contribution in [0.2, 0.25) is 0 Å². The zero-order chi connectivity index (χ0) is 18.5. The van der Waals surface area contributed by atoms with Crippen LogP contribution in [0.15, 0.2) is 36.5 Å². The third-order valence-electron chi connectivity index (χ3n) is 4.17. The van der Waals surface area contributed by atoms with Gasteiger partial charge in [-0.1, -0.05) is 6.07 Å². The van der Waals surface area contributed by atoms with Gasteiger partial charge in [-0.2, -0.15) is 0 Å². The molecule has 0 atom stereocenters. The van der Waals surface area contributed by atoms with E-state index in [2.05, 4.69) is 31.3 Å². The molecule has 0 radical (unpaired) electrons. The van der Waals surface area contributed by atoms with Crippen LogP contribution in [0.1, 0.15) is 37.0 Å². The smallest absolute Gasteiger partial charge is 0.251 e. The van der Waals surface area contributed by atoms with Crippen molar-refractivity contribution in [2.24, 2.45) is 0 Å². The Bertz CT molecular complexity index is 1130. The summed E-state index contributed by atoms with van der Waals surface area (Å²) in [7, 11) is 0. The number of H-pyrrole nitrogens is 2. The molecule has 1 aromatic carbocycles. The molecule has 3 aromatic heterocycles. The molecule has 0 saturated heterocycles. The number of aromatic nitrogens is 4. The van der Waals surface area contributed by atoms with Crippen molar-refractivity contribution < 1.29 is 4.79 Å². The van der Waals surface area contributed by atoms with Gasteiger partial charge in [0.15, 0.2) is 5.65 Å². The van der Waals surface area contributed by atoms with Crippen molar-refractivity contribution in [1.29, 1.82) is 0 Å². The number of fused-ring (bicyclic) bond motifs is 2. The number of rotatable bonds is 2. The van der Waals surface area contributed by atoms with Gasteiger partial charge in [-0.3, -0.25) is 4.79 Å². The molecule has 4 rings (SSSR count). The van der Waals surface area contributed by atoms with Crippen molar-refractivity contribution in [3.05, 3.63) is 47.9 Å². The number of aryl methyl sites for hydroxylation is 1. The zero-order valence-corrected chi connectivity index (χ0v) is 15.3. The fourth-order valence-electron chi connectivity index (χ4n) is 3.08. The summed E-state index contributed by atoms with van der Waals surface area (Å²) in [6, 6.07) is 9.73. The van der Waals surface area contributed by atoms with Gasteiger partial charge in [-0.25, -0.2) is 9.97 Å². The summed E-state index contributed by atoms with van der Waals surface area (Å²) in [4.78, 5) is 27.8. The molecule has 1 amide bonds. The molecule has 0 aliphatic heterocycles. The van der Waals surface area contributed by atoms with Gasteiger partial charge in [0.05, 0.1) is 5.52 Å². The standard InChI is InChI=1S/C20H21N5O/c1-11-22-17-14(7-8-21-18(17)23-11)16-9-12-5-6-13(10-15(12)24-16)19(26)25-20(2,3)4/h5-10,24H,1-4H3,(H,25,26)(H,21,22,23). The van der Waals surface area contributed by atoms with E-state index in [0.29, 0.717) is 11.2 Å². The van der Waals surface area contributed by atoms with Gasteiger partial charge >= 0.3 is 0 Å². The van der Waals surface area contributed by atoms with Crippen molar-refractivity contribution in [3.8, 4) is 11.3 Å². The fraction of sp³-hybridized carbons (Fsp3) is 0.250. The second-order valence-electron chi connectivity index (χ2n) is 7.57. The lowest BCUT2D eigenvalue weighted by Gasteiger charge is -2.20. The lowest BCUT2D eigenvalue weighted by molar-refractivity contribution is 0.0919. The predicted octanol–water partition coefficient (Wildman–Crippen LogP) is 3.94. The maximum Gasteiger partial charge on any atom is 0.251 e. The molecule has 26 heavy (non-hydrogen) atoms. The first-order valence-corrected chi connectivity index (χ1v) is 8.57. The Balaban J connectivity index is 1.77. The van der Waals surface area contributed by atoms with Crippen molar-refractivity contribution in [1.82, 2.24) is 25.3 Å². The minimum absolute atomic E-state index is 0.0777. The number of nitrogens with zero attached hydrogens (tertiary/aromatic N) is 2. The third-order valence-corrected chi connectivity index (χ3v) is 4.17. The van der Waals surface area contributed by atoms with Crippen LogP contribution < -0.4 is 5.32 Å². The minimum Gasteiger partial charge on any atom is -0.354 e. The van der Waals surface area contributed by atoms with Crippen molar-refractivity contribution in [2.45, 2.75) is 33.2 Å². The van der Waals surface area contributed by atoms with E-state index >= 15 is 0 Å². The average molecular weight is 347 g/mol. The molecule has 6 heteroatoms. The topological polar surface area (TPSA) is 86.5 Å². The molecular weight excluding hydrogens is 326 g/mol. The second-order valence-corrected chi connectivity index (χ2v) is 7.57. The highest BCUT2D eigenvalue weighted by atomic mass is 16.1. The maximum atomic E-state index is 12.4. The Morgan fingerprint density at radius 2 is 1.92 bits per heavy atom. The number of carbonyl (C=O) groups is 1. The molecule has 0 aliphatic rings. The first-order valence-electron chi connectivity index (χ1n) is 8.57. The van der Waals surface area contributed by atoms with Gasteiger partial charge < -0.3 is 15.3 Å². The summed E-state index contributed by atoms with van der Waals surface area (Å²) >= 11 is 0. The fourth-order valence-corrected chi connectivity index (χ4v) is 3.08. The van der Waals surface area contributed by atoms with Crippen LogP contribution in [0.3, 0.4) is 0 Å². The number of nitrogens with one attached hydrogen (secondary N) is 3. The Morgan fingerprint density at radius 3 is 2.69 bits per heavy atom. The van der Waals surface area contributed by atoms with Gasteiger partial charge in [0.25, 0.3) is 5.91 Å². The maximum absolute atomic E-state index is 12.4. The first-order chi connectivity index (χ1) is 12.3. The Hall–Kier alpha value is -3.15. The highest BCUT2D eigenvalue weighted by Crippen LogP contribution is 2.29. The second kappa shape index (κ2) is 5.69. The van der Waals surface area contributed by atoms with Crippen molar-refractivity contribution >= 4 is 28.0 Å². The number of hydrogen-bond donors (Lipinski definition) is 3. The van der Waals surface area contributed by atoms with Crippen molar-refractivity contribution in [2.75, 3.05) is 0 Å². The van der Waals surface area contributed by atoms with E-state index in [1.165, 1.54) is 0 Å². The molecule has 0 unspecified atom stereocenters. The molecule has 0 spiro atoms. The summed E-state index contributed by atoms with van der Waals surface area (Å²) < 4.78 is 0. The monoisotopic (exact) mass is 347 g/mol. The molecule has 6 nitrogen and oxygen atoms in total. The molecule has 0 bridgehead atoms. The largest absolute Gasteiger partial charge is 0.354 e. The average Bonchev–Trinajstić information content (AvgIpc) is 3.13. The normalized spacial score (nSPS) is 12.0. The van der Waals surface area contributed by atoms with Crippen LogP contribution >= 0.6 is 0 Å². The molecule has 0 saturated carbocycles. The number of imidazole rings is 1. The van der Waals surface area contributed by atoms with Crippen molar-refractivity contribution in [3.63, 3.8) is 0 Å². The number of aromatic amines is 2. The number of amides is 1. The van der Waals surface area contributed by atoms with Gasteiger partial charge in [0, 0.05) is 39.5 Å². The molecule has 3 N–H and O–H groups in total. The molecule has 0 aliphatic carbocycles. The number of hydrogen-bond acceptors (Lipinski definition) is 3. The van der Waals surface area contributed by atoms with E-state index in [1.54, 1.807) is 6.20 Å². The summed E-state index contributed by atoms with van der Waals surface area (Å²) in [6.07, 6.45) is 1.76. The summed E-state index contributed by atoms with van der Waals surface area (Å²) in [5, 5.41) is 4.04. The third kappa shape index (κ3) is 2.94. The lowest BCUT2D eigenvalue weighted by atomic mass is 10.1. The lowest BCUT2D eigenvalue weighted by Crippen LogP contribution is -2.40. The number of pyridine rings is 1. The minimum atomic E-state index is -0.270. The Kier molecular flexibility index (Phi) is 3.57. The number of benzene rings is 1. The zero-order valence-electron chi connectivity index (χ0n) is 15.3. The van der Waals surface area contributed by atoms with E-state index in [-0.39, 0.29) is 11.4 Å². The molecule has 4 aromatic rings. The van der Waals surface area contributed by atoms with Crippen LogP contribution in [-0.4, -0.2) is 31.4 Å². The molecule has 0 fully saturated rings. The van der Waals surface area contributed by atoms with Crippen LogP contribution in [0.25, 0.3) is 33.3 Å². The van der Waals surface area contributed by atoms with E-state index in [9.17, 15) is 4.79 Å². The van der Waals surface area contributed by atoms with Crippen LogP contribution in [0.5, 0.6) is 0 Å². The van der Waals surface area contributed by atoms with E-state index in [4.69, 9.17) is 0 Å². The highest BCUT2D eigenvalue weighted by Gasteiger charge is 2.16. The Morgan fingerprint density at radius 1 is 1.12 bits per heavy atom. The van der Waals surface area contributed by atoms with Crippen LogP contribution in [0, 0.1) is 6.92 Å². The summed E-state index contributed by atoms with van der Waals surface area (Å²) in [5.41, 5.74) is 4.86. The van der Waals surface area contributed by atoms with Gasteiger partial charge in [0.1, 0.15) is 5.82 Å². The quantitative estimate of drug-likeness (QED) is 0.513. The molecule has 132 valence electrons. The Labute approximate surface area is 151 Å². The number of carbonyl (C=O) groups excluding carboxylic acids is 1. The summed E-state index contributed by atoms with van der Waals surface area (Å²) in [6.45, 7) is 7.82. The van der Waals surface area contributed by atoms with Crippen LogP contribution in [0.4, 0.5) is 0 Å². The SMILES string of the molecule is Cc1nc2nccc(-c3cc4ccc(C(=O)NC(C)(C)C)cc4[nH]3)c2[nH]1. The van der Waals surface area contributed by atoms with E-state index < -0.39 is 0 Å². The van der Waals surface area contributed by atoms with Gasteiger partial charge in [0.2, 0.25) is 0 Å². The highest BCUT2D eigenvalue weighted by molar-refractivity contribution is 6.00. The molecular formula is C20H21N5O. The van der Waals surface area contributed by atoms with Gasteiger partial charge in [-0.15, -0.1) is 0 Å². The summed E-state index contributed by atoms with van der Waals surface area (Å²) in [5.74, 6) is 0.753. The predicted molar refractivity (Wildman–Crippen MR) is 103 cm³/mol. The molecule has 3 heterocycles. The van der Waals surface area contributed by atoms with Gasteiger partial charge in [-0.05, 0) is 52.0 Å². The van der Waals surface area contributed by atoms with E-state index in [0.717, 1.165) is 33.5 Å². The first kappa shape index (κ1) is 16.3. The van der Waals surface area contributed by atoms with E-state index in [1.807, 2.05) is 52.0 Å².